The summed E-state index contributed by atoms with van der Waals surface area (Å²) in [6.07, 6.45) is 5.02. The number of primary amides is 1. The van der Waals surface area contributed by atoms with Crippen LogP contribution < -0.4 is 27.0 Å². The Kier molecular flexibility index (Phi) is 8.65. The maximum absolute atomic E-state index is 13.0. The van der Waals surface area contributed by atoms with Gasteiger partial charge in [-0.3, -0.25) is 24.2 Å². The van der Waals surface area contributed by atoms with Gasteiger partial charge < -0.3 is 27.0 Å². The number of nitrogens with two attached hydrogens (primary N) is 1. The van der Waals surface area contributed by atoms with Crippen molar-refractivity contribution in [3.8, 4) is 0 Å². The monoisotopic (exact) mass is 514 g/mol. The maximum atomic E-state index is 13.0. The summed E-state index contributed by atoms with van der Waals surface area (Å²) in [5, 5.41) is 11.3. The lowest BCUT2D eigenvalue weighted by molar-refractivity contribution is -0.130. The summed E-state index contributed by atoms with van der Waals surface area (Å²) in [6, 6.07) is 17.0. The zero-order chi connectivity index (χ0) is 26.9. The van der Waals surface area contributed by atoms with E-state index in [0.717, 1.165) is 22.4 Å². The fourth-order valence-corrected chi connectivity index (χ4v) is 4.22. The van der Waals surface area contributed by atoms with E-state index in [9.17, 15) is 19.2 Å². The van der Waals surface area contributed by atoms with Crippen LogP contribution in [-0.2, 0) is 38.4 Å². The SMILES string of the molecule is NC(=O)CNC(=O)[C@H](Cc1ccc(NC(=O)CCc2cccnc2)cc1)NC(=O)C1Cc2ccccc2N1. The second-order valence-corrected chi connectivity index (χ2v) is 9.11. The van der Waals surface area contributed by atoms with Crippen molar-refractivity contribution in [2.45, 2.75) is 37.8 Å². The van der Waals surface area contributed by atoms with Crippen molar-refractivity contribution in [1.82, 2.24) is 15.6 Å². The van der Waals surface area contributed by atoms with Gasteiger partial charge in [0.1, 0.15) is 12.1 Å². The van der Waals surface area contributed by atoms with Crippen molar-refractivity contribution in [2.24, 2.45) is 5.73 Å². The molecule has 0 fully saturated rings. The van der Waals surface area contributed by atoms with Gasteiger partial charge in [-0.1, -0.05) is 36.4 Å². The number of para-hydroxylation sites is 1. The first kappa shape index (κ1) is 26.3. The van der Waals surface area contributed by atoms with Crippen LogP contribution in [0.4, 0.5) is 11.4 Å². The van der Waals surface area contributed by atoms with Crippen LogP contribution >= 0.6 is 0 Å². The van der Waals surface area contributed by atoms with E-state index in [0.29, 0.717) is 24.9 Å². The summed E-state index contributed by atoms with van der Waals surface area (Å²) in [6.45, 7) is -0.331. The van der Waals surface area contributed by atoms with E-state index in [-0.39, 0.29) is 24.8 Å². The van der Waals surface area contributed by atoms with Gasteiger partial charge in [0.15, 0.2) is 0 Å². The average Bonchev–Trinajstić information content (AvgIpc) is 3.36. The number of pyridine rings is 1. The molecule has 10 heteroatoms. The highest BCUT2D eigenvalue weighted by atomic mass is 16.2. The number of hydrogen-bond donors (Lipinski definition) is 5. The summed E-state index contributed by atoms with van der Waals surface area (Å²) in [5.41, 5.74) is 9.45. The van der Waals surface area contributed by atoms with Crippen molar-refractivity contribution in [3.05, 3.63) is 89.7 Å². The Morgan fingerprint density at radius 2 is 1.79 bits per heavy atom. The van der Waals surface area contributed by atoms with Gasteiger partial charge in [-0.05, 0) is 47.4 Å². The van der Waals surface area contributed by atoms with E-state index < -0.39 is 23.9 Å². The zero-order valence-corrected chi connectivity index (χ0v) is 20.8. The molecule has 1 aliphatic rings. The molecule has 1 unspecified atom stereocenters. The van der Waals surface area contributed by atoms with Crippen LogP contribution in [0.5, 0.6) is 0 Å². The maximum Gasteiger partial charge on any atom is 0.243 e. The molecule has 0 spiro atoms. The Labute approximate surface area is 220 Å². The highest BCUT2D eigenvalue weighted by molar-refractivity contribution is 5.94. The minimum atomic E-state index is -0.924. The molecule has 4 rings (SSSR count). The smallest absolute Gasteiger partial charge is 0.243 e. The molecule has 0 saturated heterocycles. The molecule has 6 N–H and O–H groups in total. The Morgan fingerprint density at radius 1 is 1.00 bits per heavy atom. The number of anilines is 2. The van der Waals surface area contributed by atoms with Crippen molar-refractivity contribution in [3.63, 3.8) is 0 Å². The summed E-state index contributed by atoms with van der Waals surface area (Å²) < 4.78 is 0. The van der Waals surface area contributed by atoms with Crippen molar-refractivity contribution in [2.75, 3.05) is 17.2 Å². The first-order valence-corrected chi connectivity index (χ1v) is 12.4. The van der Waals surface area contributed by atoms with Gasteiger partial charge in [0.05, 0.1) is 6.54 Å². The Bertz CT molecular complexity index is 1270. The zero-order valence-electron chi connectivity index (χ0n) is 20.8. The number of carbonyl (C=O) groups excluding carboxylic acids is 4. The van der Waals surface area contributed by atoms with E-state index >= 15 is 0 Å². The molecule has 3 aromatic rings. The van der Waals surface area contributed by atoms with Crippen LogP contribution in [0.15, 0.2) is 73.1 Å². The van der Waals surface area contributed by atoms with Crippen molar-refractivity contribution >= 4 is 35.0 Å². The topological polar surface area (TPSA) is 155 Å². The van der Waals surface area contributed by atoms with Crippen LogP contribution in [0.3, 0.4) is 0 Å². The molecule has 196 valence electrons. The quantitative estimate of drug-likeness (QED) is 0.260. The van der Waals surface area contributed by atoms with E-state index in [4.69, 9.17) is 5.73 Å². The van der Waals surface area contributed by atoms with E-state index in [1.165, 1.54) is 0 Å². The van der Waals surface area contributed by atoms with Crippen molar-refractivity contribution in [1.29, 1.82) is 0 Å². The lowest BCUT2D eigenvalue weighted by atomic mass is 10.0. The molecule has 38 heavy (non-hydrogen) atoms. The number of aromatic nitrogens is 1. The average molecular weight is 515 g/mol. The minimum absolute atomic E-state index is 0.123. The number of amides is 4. The number of benzene rings is 2. The molecule has 0 aliphatic carbocycles. The number of rotatable bonds is 11. The van der Waals surface area contributed by atoms with Gasteiger partial charge in [0.2, 0.25) is 23.6 Å². The Hall–Kier alpha value is -4.73. The number of nitrogens with one attached hydrogen (secondary N) is 4. The molecule has 2 heterocycles. The normalized spacial score (nSPS) is 14.5. The summed E-state index contributed by atoms with van der Waals surface area (Å²) in [5.74, 6) is -1.64. The van der Waals surface area contributed by atoms with Gasteiger partial charge in [0.25, 0.3) is 0 Å². The number of nitrogens with zero attached hydrogens (tertiary/aromatic N) is 1. The fraction of sp³-hybridized carbons (Fsp3) is 0.250. The van der Waals surface area contributed by atoms with Gasteiger partial charge in [-0.2, -0.15) is 0 Å². The molecule has 4 amide bonds. The van der Waals surface area contributed by atoms with E-state index in [1.807, 2.05) is 36.4 Å². The van der Waals surface area contributed by atoms with Gasteiger partial charge in [-0.25, -0.2) is 0 Å². The van der Waals surface area contributed by atoms with Crippen LogP contribution in [-0.4, -0.2) is 47.2 Å². The summed E-state index contributed by atoms with van der Waals surface area (Å²) in [7, 11) is 0. The molecule has 1 aromatic heterocycles. The molecule has 1 aliphatic heterocycles. The lowest BCUT2D eigenvalue weighted by Gasteiger charge is -2.21. The van der Waals surface area contributed by atoms with Gasteiger partial charge >= 0.3 is 0 Å². The Morgan fingerprint density at radius 3 is 2.50 bits per heavy atom. The molecular weight excluding hydrogens is 484 g/mol. The lowest BCUT2D eigenvalue weighted by Crippen LogP contribution is -2.52. The van der Waals surface area contributed by atoms with Crippen LogP contribution in [0.1, 0.15) is 23.1 Å². The van der Waals surface area contributed by atoms with Crippen LogP contribution in [0.2, 0.25) is 0 Å². The third-order valence-electron chi connectivity index (χ3n) is 6.20. The number of carbonyl (C=O) groups is 4. The molecule has 0 bridgehead atoms. The molecule has 2 atom stereocenters. The largest absolute Gasteiger partial charge is 0.373 e. The molecule has 0 saturated carbocycles. The first-order chi connectivity index (χ1) is 18.4. The van der Waals surface area contributed by atoms with Crippen LogP contribution in [0, 0.1) is 0 Å². The molecule has 2 aromatic carbocycles. The van der Waals surface area contributed by atoms with E-state index in [1.54, 1.807) is 36.7 Å². The fourth-order valence-electron chi connectivity index (χ4n) is 4.22. The summed E-state index contributed by atoms with van der Waals surface area (Å²) >= 11 is 0. The standard InChI is InChI=1S/C28H30N6O4/c29-25(35)17-31-27(37)23(34-28(38)24-15-20-5-1-2-6-22(20)33-24)14-18-7-10-21(11-8-18)32-26(36)12-9-19-4-3-13-30-16-19/h1-8,10-11,13,16,23-24,33H,9,12,14-15,17H2,(H2,29,35)(H,31,37)(H,32,36)(H,34,38)/t23-,24?/m0/s1. The first-order valence-electron chi connectivity index (χ1n) is 12.4. The van der Waals surface area contributed by atoms with Crippen LogP contribution in [0.25, 0.3) is 0 Å². The second-order valence-electron chi connectivity index (χ2n) is 9.11. The molecule has 0 radical (unpaired) electrons. The number of aryl methyl sites for hydroxylation is 1. The highest BCUT2D eigenvalue weighted by Crippen LogP contribution is 2.25. The van der Waals surface area contributed by atoms with Gasteiger partial charge in [-0.15, -0.1) is 0 Å². The minimum Gasteiger partial charge on any atom is -0.373 e. The van der Waals surface area contributed by atoms with Gasteiger partial charge in [0, 0.05) is 43.0 Å². The second kappa shape index (κ2) is 12.5. The van der Waals surface area contributed by atoms with E-state index in [2.05, 4.69) is 26.3 Å². The third-order valence-corrected chi connectivity index (χ3v) is 6.20. The third kappa shape index (κ3) is 7.39. The molecular formula is C28H30N6O4. The number of hydrogen-bond acceptors (Lipinski definition) is 6. The summed E-state index contributed by atoms with van der Waals surface area (Å²) in [4.78, 5) is 53.3. The highest BCUT2D eigenvalue weighted by Gasteiger charge is 2.30. The Balaban J connectivity index is 1.35. The molecule has 10 nitrogen and oxygen atoms in total. The predicted octanol–water partition coefficient (Wildman–Crippen LogP) is 1.32. The number of fused-ring (bicyclic) bond motifs is 1. The predicted molar refractivity (Wildman–Crippen MR) is 143 cm³/mol. The van der Waals surface area contributed by atoms with Crippen molar-refractivity contribution < 1.29 is 19.2 Å².